The first kappa shape index (κ1) is 14.2. The minimum absolute atomic E-state index is 0.0773. The van der Waals surface area contributed by atoms with E-state index in [2.05, 4.69) is 10.5 Å². The van der Waals surface area contributed by atoms with Crippen molar-refractivity contribution in [3.05, 3.63) is 46.7 Å². The molecule has 1 N–H and O–H groups in total. The summed E-state index contributed by atoms with van der Waals surface area (Å²) in [6.45, 7) is 1.94. The zero-order valence-electron chi connectivity index (χ0n) is 10.6. The van der Waals surface area contributed by atoms with Crippen LogP contribution in [-0.2, 0) is 9.84 Å². The Kier molecular flexibility index (Phi) is 4.17. The van der Waals surface area contributed by atoms with Gasteiger partial charge < -0.3 is 0 Å². The van der Waals surface area contributed by atoms with Crippen molar-refractivity contribution in [1.82, 2.24) is 0 Å². The monoisotopic (exact) mass is 305 g/mol. The Balaban J connectivity index is 2.27. The molecule has 0 aliphatic heterocycles. The lowest BCUT2D eigenvalue weighted by molar-refractivity contribution is 0.607. The van der Waals surface area contributed by atoms with Crippen molar-refractivity contribution in [2.75, 3.05) is 5.43 Å². The summed E-state index contributed by atoms with van der Waals surface area (Å²) in [4.78, 5) is 0.0773. The number of thiophene rings is 1. The number of rotatable bonds is 3. The number of hydrogen-bond donors (Lipinski definition) is 1. The average molecular weight is 305 g/mol. The Hall–Kier alpha value is -2.17. The second-order valence-corrected chi connectivity index (χ2v) is 6.61. The maximum atomic E-state index is 12.1. The molecular weight excluding hydrogens is 294 g/mol. The molecule has 0 fully saturated rings. The molecule has 0 bridgehead atoms. The lowest BCUT2D eigenvalue weighted by Crippen LogP contribution is -2.14. The summed E-state index contributed by atoms with van der Waals surface area (Å²) in [7, 11) is -3.85. The van der Waals surface area contributed by atoms with Crippen LogP contribution in [0.3, 0.4) is 0 Å². The maximum absolute atomic E-state index is 12.1. The van der Waals surface area contributed by atoms with Crippen LogP contribution in [0.5, 0.6) is 0 Å². The van der Waals surface area contributed by atoms with Gasteiger partial charge in [0.2, 0.25) is 9.84 Å². The summed E-state index contributed by atoms with van der Waals surface area (Å²) in [5, 5.41) is 15.2. The van der Waals surface area contributed by atoms with Crippen molar-refractivity contribution in [2.45, 2.75) is 11.8 Å². The number of benzene rings is 1. The largest absolute Gasteiger partial charge is 0.277 e. The van der Waals surface area contributed by atoms with Gasteiger partial charge in [-0.25, -0.2) is 8.42 Å². The number of nitriles is 1. The van der Waals surface area contributed by atoms with Crippen LogP contribution in [0.1, 0.15) is 5.56 Å². The fourth-order valence-electron chi connectivity index (χ4n) is 1.41. The quantitative estimate of drug-likeness (QED) is 0.537. The molecule has 2 aromatic rings. The Labute approximate surface area is 121 Å². The standard InChI is InChI=1S/C13H11N3O2S2/c1-10-2-4-11(5-3-10)15-16-13(8-14)20(17,18)12-6-7-19-9-12/h2-7,9,15H,1H3. The molecule has 0 atom stereocenters. The van der Waals surface area contributed by atoms with Gasteiger partial charge in [-0.3, -0.25) is 5.43 Å². The second kappa shape index (κ2) is 5.86. The molecule has 0 aliphatic carbocycles. The lowest BCUT2D eigenvalue weighted by atomic mass is 10.2. The van der Waals surface area contributed by atoms with E-state index in [-0.39, 0.29) is 4.90 Å². The van der Waals surface area contributed by atoms with E-state index in [4.69, 9.17) is 5.26 Å². The van der Waals surface area contributed by atoms with Crippen LogP contribution in [-0.4, -0.2) is 13.5 Å². The van der Waals surface area contributed by atoms with Gasteiger partial charge in [0.05, 0.1) is 10.6 Å². The molecule has 0 aliphatic rings. The van der Waals surface area contributed by atoms with Gasteiger partial charge in [0, 0.05) is 5.38 Å². The molecule has 1 aromatic heterocycles. The summed E-state index contributed by atoms with van der Waals surface area (Å²) in [6.07, 6.45) is 0. The first-order chi connectivity index (χ1) is 9.54. The highest BCUT2D eigenvalue weighted by atomic mass is 32.2. The second-order valence-electron chi connectivity index (χ2n) is 3.97. The van der Waals surface area contributed by atoms with E-state index < -0.39 is 14.9 Å². The fourth-order valence-corrected chi connectivity index (χ4v) is 3.44. The number of hydrogen-bond acceptors (Lipinski definition) is 6. The molecule has 0 amide bonds. The normalized spacial score (nSPS) is 11.9. The molecule has 0 spiro atoms. The zero-order chi connectivity index (χ0) is 14.6. The summed E-state index contributed by atoms with van der Waals surface area (Å²) in [5.74, 6) is 0. The number of nitrogens with zero attached hydrogens (tertiary/aromatic N) is 2. The van der Waals surface area contributed by atoms with Gasteiger partial charge in [-0.2, -0.15) is 21.7 Å². The minimum Gasteiger partial charge on any atom is -0.277 e. The maximum Gasteiger partial charge on any atom is 0.256 e. The predicted octanol–water partition coefficient (Wildman–Crippen LogP) is 2.78. The topological polar surface area (TPSA) is 82.3 Å². The molecule has 1 aromatic carbocycles. The predicted molar refractivity (Wildman–Crippen MR) is 79.4 cm³/mol. The molecule has 102 valence electrons. The van der Waals surface area contributed by atoms with Crippen molar-refractivity contribution in [2.24, 2.45) is 5.10 Å². The molecule has 0 saturated carbocycles. The van der Waals surface area contributed by atoms with Gasteiger partial charge in [-0.05, 0) is 30.5 Å². The van der Waals surface area contributed by atoms with E-state index in [0.29, 0.717) is 5.69 Å². The van der Waals surface area contributed by atoms with Crippen LogP contribution in [0.4, 0.5) is 5.69 Å². The molecular formula is C13H11N3O2S2. The van der Waals surface area contributed by atoms with E-state index in [1.54, 1.807) is 23.6 Å². The molecule has 0 radical (unpaired) electrons. The van der Waals surface area contributed by atoms with E-state index in [1.165, 1.54) is 22.8 Å². The molecule has 0 saturated heterocycles. The average Bonchev–Trinajstić information content (AvgIpc) is 2.96. The first-order valence-electron chi connectivity index (χ1n) is 5.62. The zero-order valence-corrected chi connectivity index (χ0v) is 12.2. The van der Waals surface area contributed by atoms with Gasteiger partial charge >= 0.3 is 0 Å². The Morgan fingerprint density at radius 3 is 2.55 bits per heavy atom. The molecule has 2 rings (SSSR count). The van der Waals surface area contributed by atoms with Gasteiger partial charge in [0.15, 0.2) is 0 Å². The van der Waals surface area contributed by atoms with E-state index in [9.17, 15) is 8.42 Å². The first-order valence-corrected chi connectivity index (χ1v) is 8.04. The van der Waals surface area contributed by atoms with Crippen LogP contribution < -0.4 is 5.43 Å². The van der Waals surface area contributed by atoms with Crippen molar-refractivity contribution in [3.8, 4) is 6.07 Å². The number of aryl methyl sites for hydroxylation is 1. The Morgan fingerprint density at radius 1 is 1.30 bits per heavy atom. The Morgan fingerprint density at radius 2 is 2.00 bits per heavy atom. The lowest BCUT2D eigenvalue weighted by Gasteiger charge is -2.02. The van der Waals surface area contributed by atoms with Crippen LogP contribution in [0, 0.1) is 18.3 Å². The minimum atomic E-state index is -3.85. The van der Waals surface area contributed by atoms with Crippen LogP contribution in [0.25, 0.3) is 0 Å². The third-order valence-corrected chi connectivity index (χ3v) is 4.89. The van der Waals surface area contributed by atoms with E-state index in [0.717, 1.165) is 5.56 Å². The molecule has 1 heterocycles. The van der Waals surface area contributed by atoms with E-state index in [1.807, 2.05) is 19.1 Å². The highest BCUT2D eigenvalue weighted by Gasteiger charge is 2.23. The van der Waals surface area contributed by atoms with Gasteiger partial charge in [-0.15, -0.1) is 0 Å². The van der Waals surface area contributed by atoms with Gasteiger partial charge in [0.25, 0.3) is 5.04 Å². The van der Waals surface area contributed by atoms with Crippen LogP contribution in [0.2, 0.25) is 0 Å². The van der Waals surface area contributed by atoms with Crippen LogP contribution in [0.15, 0.2) is 51.1 Å². The Bertz CT molecular complexity index is 755. The van der Waals surface area contributed by atoms with Gasteiger partial charge in [0.1, 0.15) is 6.07 Å². The van der Waals surface area contributed by atoms with E-state index >= 15 is 0 Å². The number of sulfone groups is 1. The number of nitrogens with one attached hydrogen (secondary N) is 1. The third-order valence-electron chi connectivity index (χ3n) is 2.49. The molecule has 0 unspecified atom stereocenters. The summed E-state index contributed by atoms with van der Waals surface area (Å²) < 4.78 is 24.2. The SMILES string of the molecule is Cc1ccc(NN=C(C#N)S(=O)(=O)c2ccsc2)cc1. The highest BCUT2D eigenvalue weighted by Crippen LogP contribution is 2.16. The highest BCUT2D eigenvalue weighted by molar-refractivity contribution is 8.07. The summed E-state index contributed by atoms with van der Waals surface area (Å²) in [5.41, 5.74) is 4.27. The molecule has 7 heteroatoms. The smallest absolute Gasteiger partial charge is 0.256 e. The number of hydrazone groups is 1. The van der Waals surface area contributed by atoms with Gasteiger partial charge in [-0.1, -0.05) is 17.7 Å². The molecule has 20 heavy (non-hydrogen) atoms. The fraction of sp³-hybridized carbons (Fsp3) is 0.0769. The van der Waals surface area contributed by atoms with Crippen molar-refractivity contribution >= 4 is 31.9 Å². The van der Waals surface area contributed by atoms with Crippen molar-refractivity contribution in [3.63, 3.8) is 0 Å². The summed E-state index contributed by atoms with van der Waals surface area (Å²) >= 11 is 1.25. The summed E-state index contributed by atoms with van der Waals surface area (Å²) in [6, 6.07) is 10.3. The van der Waals surface area contributed by atoms with Crippen molar-refractivity contribution in [1.29, 1.82) is 5.26 Å². The van der Waals surface area contributed by atoms with Crippen molar-refractivity contribution < 1.29 is 8.42 Å². The van der Waals surface area contributed by atoms with Crippen LogP contribution >= 0.6 is 11.3 Å². The third kappa shape index (κ3) is 3.04. The molecule has 5 nitrogen and oxygen atoms in total. The number of anilines is 1.